The van der Waals surface area contributed by atoms with Crippen LogP contribution in [0.4, 0.5) is 0 Å². The van der Waals surface area contributed by atoms with Crippen molar-refractivity contribution in [2.75, 3.05) is 26.7 Å². The van der Waals surface area contributed by atoms with Gasteiger partial charge in [0.15, 0.2) is 0 Å². The lowest BCUT2D eigenvalue weighted by Gasteiger charge is -2.43. The number of carbonyl (C=O) groups excluding carboxylic acids is 1. The molecular formula is C24H31N3O. The topological polar surface area (TPSA) is 35.6 Å². The van der Waals surface area contributed by atoms with Crippen molar-refractivity contribution in [1.82, 2.24) is 15.1 Å². The molecule has 0 aromatic heterocycles. The Morgan fingerprint density at radius 1 is 1.04 bits per heavy atom. The van der Waals surface area contributed by atoms with Crippen LogP contribution >= 0.6 is 0 Å². The molecule has 0 aliphatic carbocycles. The first-order chi connectivity index (χ1) is 13.5. The van der Waals surface area contributed by atoms with E-state index in [9.17, 15) is 4.79 Å². The Labute approximate surface area is 168 Å². The van der Waals surface area contributed by atoms with Gasteiger partial charge in [-0.2, -0.15) is 0 Å². The summed E-state index contributed by atoms with van der Waals surface area (Å²) in [5, 5.41) is 3.12. The number of amides is 1. The van der Waals surface area contributed by atoms with Crippen molar-refractivity contribution >= 4 is 5.91 Å². The summed E-state index contributed by atoms with van der Waals surface area (Å²) in [6.45, 7) is 5.86. The van der Waals surface area contributed by atoms with Gasteiger partial charge < -0.3 is 5.32 Å². The van der Waals surface area contributed by atoms with Gasteiger partial charge in [-0.25, -0.2) is 0 Å². The molecule has 1 spiro atoms. The highest BCUT2D eigenvalue weighted by Crippen LogP contribution is 2.37. The number of likely N-dealkylation sites (tertiary alicyclic amines) is 2. The number of nitrogens with one attached hydrogen (secondary N) is 1. The molecule has 1 N–H and O–H groups in total. The Balaban J connectivity index is 1.33. The average molecular weight is 378 g/mol. The highest BCUT2D eigenvalue weighted by Gasteiger charge is 2.45. The number of carbonyl (C=O) groups is 1. The maximum atomic E-state index is 11.4. The van der Waals surface area contributed by atoms with Crippen molar-refractivity contribution in [3.05, 3.63) is 60.2 Å². The van der Waals surface area contributed by atoms with Crippen molar-refractivity contribution in [2.45, 2.75) is 44.3 Å². The van der Waals surface area contributed by atoms with Gasteiger partial charge in [0.25, 0.3) is 0 Å². The molecule has 28 heavy (non-hydrogen) atoms. The van der Waals surface area contributed by atoms with E-state index in [0.717, 1.165) is 32.6 Å². The van der Waals surface area contributed by atoms with Gasteiger partial charge in [-0.15, -0.1) is 0 Å². The Morgan fingerprint density at radius 2 is 1.68 bits per heavy atom. The molecule has 2 fully saturated rings. The molecule has 4 rings (SSSR count). The van der Waals surface area contributed by atoms with Gasteiger partial charge in [0.1, 0.15) is 0 Å². The number of rotatable bonds is 4. The summed E-state index contributed by atoms with van der Waals surface area (Å²) < 4.78 is 0. The standard InChI is InChI=1S/C24H31N3O/c1-19(28)25-23-16-24(26(2)18-23)12-14-27(15-13-24)17-20-8-10-22(11-9-20)21-6-4-3-5-7-21/h3-11,23H,12-18H2,1-2H3,(H,25,28)/t23-/m1/s1. The van der Waals surface area contributed by atoms with Crippen molar-refractivity contribution in [3.63, 3.8) is 0 Å². The lowest BCUT2D eigenvalue weighted by molar-refractivity contribution is -0.119. The minimum absolute atomic E-state index is 0.0897. The quantitative estimate of drug-likeness (QED) is 0.885. The van der Waals surface area contributed by atoms with Gasteiger partial charge in [0.05, 0.1) is 0 Å². The van der Waals surface area contributed by atoms with Gasteiger partial charge in [-0.05, 0) is 43.0 Å². The van der Waals surface area contributed by atoms with Crippen LogP contribution in [-0.4, -0.2) is 54.0 Å². The molecule has 148 valence electrons. The summed E-state index contributed by atoms with van der Waals surface area (Å²) in [5.74, 6) is 0.0897. The molecule has 0 saturated carbocycles. The third kappa shape index (κ3) is 4.13. The number of likely N-dealkylation sites (N-methyl/N-ethyl adjacent to an activating group) is 1. The fraction of sp³-hybridized carbons (Fsp3) is 0.458. The van der Waals surface area contributed by atoms with E-state index < -0.39 is 0 Å². The highest BCUT2D eigenvalue weighted by atomic mass is 16.1. The Morgan fingerprint density at radius 3 is 2.32 bits per heavy atom. The second kappa shape index (κ2) is 8.06. The molecule has 2 saturated heterocycles. The average Bonchev–Trinajstić information content (AvgIpc) is 2.99. The van der Waals surface area contributed by atoms with E-state index in [4.69, 9.17) is 0 Å². The second-order valence-corrected chi connectivity index (χ2v) is 8.55. The summed E-state index contributed by atoms with van der Waals surface area (Å²) in [4.78, 5) is 16.5. The van der Waals surface area contributed by atoms with Crippen LogP contribution in [0.5, 0.6) is 0 Å². The maximum absolute atomic E-state index is 11.4. The number of nitrogens with zero attached hydrogens (tertiary/aromatic N) is 2. The SMILES string of the molecule is CC(=O)N[C@H]1CN(C)C2(CCN(Cc3ccc(-c4ccccc4)cc3)CC2)C1. The molecule has 1 atom stereocenters. The molecule has 2 aromatic carbocycles. The molecule has 4 nitrogen and oxygen atoms in total. The minimum atomic E-state index is 0.0897. The molecular weight excluding hydrogens is 346 g/mol. The summed E-state index contributed by atoms with van der Waals surface area (Å²) >= 11 is 0. The normalized spacial score (nSPS) is 22.4. The minimum Gasteiger partial charge on any atom is -0.352 e. The van der Waals surface area contributed by atoms with E-state index >= 15 is 0 Å². The van der Waals surface area contributed by atoms with E-state index in [2.05, 4.69) is 76.8 Å². The number of hydrogen-bond donors (Lipinski definition) is 1. The van der Waals surface area contributed by atoms with E-state index in [-0.39, 0.29) is 11.4 Å². The van der Waals surface area contributed by atoms with Crippen LogP contribution in [-0.2, 0) is 11.3 Å². The van der Waals surface area contributed by atoms with Gasteiger partial charge >= 0.3 is 0 Å². The molecule has 4 heteroatoms. The highest BCUT2D eigenvalue weighted by molar-refractivity contribution is 5.73. The fourth-order valence-corrected chi connectivity index (χ4v) is 4.99. The molecule has 2 aromatic rings. The van der Waals surface area contributed by atoms with Crippen LogP contribution in [0.1, 0.15) is 31.7 Å². The molecule has 2 heterocycles. The predicted molar refractivity (Wildman–Crippen MR) is 114 cm³/mol. The van der Waals surface area contributed by atoms with Crippen molar-refractivity contribution in [2.24, 2.45) is 0 Å². The predicted octanol–water partition coefficient (Wildman–Crippen LogP) is 3.53. The lowest BCUT2D eigenvalue weighted by atomic mass is 9.84. The maximum Gasteiger partial charge on any atom is 0.217 e. The molecule has 2 aliphatic heterocycles. The van der Waals surface area contributed by atoms with Crippen LogP contribution in [0.15, 0.2) is 54.6 Å². The molecule has 0 bridgehead atoms. The first-order valence-electron chi connectivity index (χ1n) is 10.4. The zero-order valence-electron chi connectivity index (χ0n) is 17.0. The lowest BCUT2D eigenvalue weighted by Crippen LogP contribution is -2.50. The summed E-state index contributed by atoms with van der Waals surface area (Å²) in [6, 6.07) is 19.9. The van der Waals surface area contributed by atoms with Crippen molar-refractivity contribution in [3.8, 4) is 11.1 Å². The van der Waals surface area contributed by atoms with Crippen LogP contribution < -0.4 is 5.32 Å². The van der Waals surface area contributed by atoms with E-state index in [1.807, 2.05) is 0 Å². The zero-order chi connectivity index (χ0) is 19.6. The van der Waals surface area contributed by atoms with E-state index in [1.54, 1.807) is 6.92 Å². The van der Waals surface area contributed by atoms with Crippen molar-refractivity contribution < 1.29 is 4.79 Å². The smallest absolute Gasteiger partial charge is 0.217 e. The largest absolute Gasteiger partial charge is 0.352 e. The van der Waals surface area contributed by atoms with Crippen LogP contribution in [0.3, 0.4) is 0 Å². The first-order valence-corrected chi connectivity index (χ1v) is 10.4. The van der Waals surface area contributed by atoms with Crippen LogP contribution in [0.25, 0.3) is 11.1 Å². The first kappa shape index (κ1) is 19.2. The fourth-order valence-electron chi connectivity index (χ4n) is 4.99. The molecule has 1 amide bonds. The second-order valence-electron chi connectivity index (χ2n) is 8.55. The summed E-state index contributed by atoms with van der Waals surface area (Å²) in [5.41, 5.74) is 4.19. The zero-order valence-corrected chi connectivity index (χ0v) is 17.0. The number of piperidine rings is 1. The van der Waals surface area contributed by atoms with Crippen LogP contribution in [0.2, 0.25) is 0 Å². The van der Waals surface area contributed by atoms with Crippen molar-refractivity contribution in [1.29, 1.82) is 0 Å². The third-order valence-corrected chi connectivity index (χ3v) is 6.59. The van der Waals surface area contributed by atoms with Crippen LogP contribution in [0, 0.1) is 0 Å². The third-order valence-electron chi connectivity index (χ3n) is 6.59. The van der Waals surface area contributed by atoms with Gasteiger partial charge in [0, 0.05) is 44.7 Å². The van der Waals surface area contributed by atoms with E-state index in [0.29, 0.717) is 6.04 Å². The molecule has 0 unspecified atom stereocenters. The van der Waals surface area contributed by atoms with E-state index in [1.165, 1.54) is 29.5 Å². The molecule has 0 radical (unpaired) electrons. The monoisotopic (exact) mass is 377 g/mol. The Kier molecular flexibility index (Phi) is 5.51. The summed E-state index contributed by atoms with van der Waals surface area (Å²) in [7, 11) is 2.22. The molecule has 2 aliphatic rings. The summed E-state index contributed by atoms with van der Waals surface area (Å²) in [6.07, 6.45) is 3.45. The number of hydrogen-bond acceptors (Lipinski definition) is 3. The number of benzene rings is 2. The van der Waals surface area contributed by atoms with Gasteiger partial charge in [-0.1, -0.05) is 54.6 Å². The van der Waals surface area contributed by atoms with Gasteiger partial charge in [0.2, 0.25) is 5.91 Å². The Hall–Kier alpha value is -2.17. The Bertz CT molecular complexity index is 794. The van der Waals surface area contributed by atoms with Gasteiger partial charge in [-0.3, -0.25) is 14.6 Å².